The van der Waals surface area contributed by atoms with Gasteiger partial charge in [0.2, 0.25) is 11.9 Å². The molecule has 0 bridgehead atoms. The Kier molecular flexibility index (Phi) is 4.41. The van der Waals surface area contributed by atoms with Crippen molar-refractivity contribution in [2.24, 2.45) is 0 Å². The quantitative estimate of drug-likeness (QED) is 0.774. The highest BCUT2D eigenvalue weighted by Gasteiger charge is 2.13. The summed E-state index contributed by atoms with van der Waals surface area (Å²) < 4.78 is 12.8. The highest BCUT2D eigenvalue weighted by molar-refractivity contribution is 5.89. The van der Waals surface area contributed by atoms with Gasteiger partial charge in [-0.25, -0.2) is 4.39 Å². The predicted molar refractivity (Wildman–Crippen MR) is 70.4 cm³/mol. The third kappa shape index (κ3) is 3.61. The van der Waals surface area contributed by atoms with E-state index in [0.717, 1.165) is 5.56 Å². The van der Waals surface area contributed by atoms with Crippen molar-refractivity contribution in [1.82, 2.24) is 15.2 Å². The van der Waals surface area contributed by atoms with E-state index in [1.165, 1.54) is 12.1 Å². The van der Waals surface area contributed by atoms with Gasteiger partial charge in [0.05, 0.1) is 0 Å². The molecule has 2 aromatic rings. The molecule has 1 aromatic heterocycles. The number of aliphatic hydroxyl groups is 1. The molecule has 1 aromatic carbocycles. The summed E-state index contributed by atoms with van der Waals surface area (Å²) in [4.78, 5) is 15.7. The molecule has 0 radical (unpaired) electrons. The minimum Gasteiger partial charge on any atom is -0.388 e. The Morgan fingerprint density at radius 1 is 1.45 bits per heavy atom. The molecule has 0 aliphatic rings. The van der Waals surface area contributed by atoms with E-state index < -0.39 is 0 Å². The first kappa shape index (κ1) is 14.1. The third-order valence-corrected chi connectivity index (χ3v) is 2.86. The highest BCUT2D eigenvalue weighted by atomic mass is 19.1. The average molecular weight is 278 g/mol. The van der Waals surface area contributed by atoms with Gasteiger partial charge in [-0.3, -0.25) is 15.2 Å². The van der Waals surface area contributed by atoms with Crippen molar-refractivity contribution >= 4 is 11.9 Å². The van der Waals surface area contributed by atoms with Crippen molar-refractivity contribution in [3.63, 3.8) is 0 Å². The number of benzene rings is 1. The van der Waals surface area contributed by atoms with Crippen LogP contribution < -0.4 is 5.32 Å². The molecule has 106 valence electrons. The molecule has 2 rings (SSSR count). The van der Waals surface area contributed by atoms with Crippen LogP contribution in [0.3, 0.4) is 0 Å². The number of nitrogens with one attached hydrogen (secondary N) is 2. The van der Waals surface area contributed by atoms with E-state index in [4.69, 9.17) is 5.11 Å². The summed E-state index contributed by atoms with van der Waals surface area (Å²) in [7, 11) is 0. The summed E-state index contributed by atoms with van der Waals surface area (Å²) in [5.41, 5.74) is 0.882. The van der Waals surface area contributed by atoms with E-state index in [1.54, 1.807) is 12.1 Å². The maximum atomic E-state index is 12.8. The molecule has 1 amide bonds. The van der Waals surface area contributed by atoms with Crippen LogP contribution in [0.25, 0.3) is 0 Å². The minimum absolute atomic E-state index is 0.0492. The number of anilines is 1. The smallest absolute Gasteiger partial charge is 0.248 e. The Morgan fingerprint density at radius 2 is 2.15 bits per heavy atom. The number of aromatic nitrogens is 3. The molecule has 0 aliphatic carbocycles. The van der Waals surface area contributed by atoms with E-state index >= 15 is 0 Å². The highest BCUT2D eigenvalue weighted by Crippen LogP contribution is 2.19. The maximum Gasteiger partial charge on any atom is 0.248 e. The van der Waals surface area contributed by atoms with E-state index in [1.807, 2.05) is 6.92 Å². The summed E-state index contributed by atoms with van der Waals surface area (Å²) in [6.07, 6.45) is 0.231. The Bertz CT molecular complexity index is 582. The minimum atomic E-state index is -0.303. The van der Waals surface area contributed by atoms with Gasteiger partial charge in [0.1, 0.15) is 12.4 Å². The summed E-state index contributed by atoms with van der Waals surface area (Å²) in [5, 5.41) is 17.6. The number of hydrogen-bond donors (Lipinski definition) is 3. The lowest BCUT2D eigenvalue weighted by Gasteiger charge is -2.10. The normalized spacial score (nSPS) is 12.2. The van der Waals surface area contributed by atoms with Gasteiger partial charge in [-0.1, -0.05) is 19.1 Å². The Morgan fingerprint density at radius 3 is 2.75 bits per heavy atom. The van der Waals surface area contributed by atoms with Crippen molar-refractivity contribution in [2.75, 3.05) is 5.32 Å². The van der Waals surface area contributed by atoms with Gasteiger partial charge in [-0.2, -0.15) is 4.98 Å². The van der Waals surface area contributed by atoms with Gasteiger partial charge in [0, 0.05) is 6.42 Å². The van der Waals surface area contributed by atoms with Crippen LogP contribution in [-0.4, -0.2) is 26.2 Å². The van der Waals surface area contributed by atoms with Crippen molar-refractivity contribution in [1.29, 1.82) is 0 Å². The fraction of sp³-hybridized carbons (Fsp3) is 0.308. The zero-order valence-electron chi connectivity index (χ0n) is 10.9. The van der Waals surface area contributed by atoms with Crippen LogP contribution in [0.4, 0.5) is 10.3 Å². The van der Waals surface area contributed by atoms with Crippen molar-refractivity contribution < 1.29 is 14.3 Å². The number of aliphatic hydroxyl groups excluding tert-OH is 1. The van der Waals surface area contributed by atoms with Gasteiger partial charge in [-0.15, -0.1) is 5.10 Å². The predicted octanol–water partition coefficient (Wildman–Crippen LogP) is 1.57. The molecular formula is C13H15FN4O2. The van der Waals surface area contributed by atoms with Crippen LogP contribution in [0.15, 0.2) is 24.3 Å². The van der Waals surface area contributed by atoms with E-state index in [9.17, 15) is 9.18 Å². The van der Waals surface area contributed by atoms with Crippen LogP contribution in [0.5, 0.6) is 0 Å². The number of hydrogen-bond acceptors (Lipinski definition) is 4. The van der Waals surface area contributed by atoms with Crippen molar-refractivity contribution in [2.45, 2.75) is 25.9 Å². The van der Waals surface area contributed by atoms with Crippen LogP contribution in [-0.2, 0) is 11.4 Å². The average Bonchev–Trinajstić information content (AvgIpc) is 2.86. The zero-order chi connectivity index (χ0) is 14.5. The molecular weight excluding hydrogens is 263 g/mol. The topological polar surface area (TPSA) is 90.9 Å². The first-order valence-corrected chi connectivity index (χ1v) is 6.16. The molecule has 0 saturated heterocycles. The second kappa shape index (κ2) is 6.25. The standard InChI is InChI=1S/C13H15FN4O2/c1-8(9-2-4-10(14)5-3-9)6-12(20)16-13-15-11(7-19)17-18-13/h2-5,8,19H,6-7H2,1H3,(H2,15,16,17,18,20). The summed E-state index contributed by atoms with van der Waals surface area (Å²) in [5.74, 6) is -0.183. The van der Waals surface area contributed by atoms with Crippen molar-refractivity contribution in [3.8, 4) is 0 Å². The molecule has 7 heteroatoms. The lowest BCUT2D eigenvalue weighted by molar-refractivity contribution is -0.116. The second-order valence-corrected chi connectivity index (χ2v) is 4.47. The first-order valence-electron chi connectivity index (χ1n) is 6.16. The van der Waals surface area contributed by atoms with Crippen LogP contribution in [0.2, 0.25) is 0 Å². The molecule has 0 fully saturated rings. The fourth-order valence-electron chi connectivity index (χ4n) is 1.78. The lowest BCUT2D eigenvalue weighted by Crippen LogP contribution is -2.15. The first-order chi connectivity index (χ1) is 9.58. The maximum absolute atomic E-state index is 12.8. The molecule has 1 unspecified atom stereocenters. The summed E-state index contributed by atoms with van der Waals surface area (Å²) in [6.45, 7) is 1.61. The summed E-state index contributed by atoms with van der Waals surface area (Å²) in [6, 6.07) is 6.05. The van der Waals surface area contributed by atoms with Crippen molar-refractivity contribution in [3.05, 3.63) is 41.5 Å². The Labute approximate surface area is 115 Å². The van der Waals surface area contributed by atoms with E-state index in [2.05, 4.69) is 20.5 Å². The molecule has 3 N–H and O–H groups in total. The van der Waals surface area contributed by atoms with E-state index in [0.29, 0.717) is 0 Å². The molecule has 1 heterocycles. The van der Waals surface area contributed by atoms with E-state index in [-0.39, 0.29) is 42.4 Å². The molecule has 1 atom stereocenters. The largest absolute Gasteiger partial charge is 0.388 e. The monoisotopic (exact) mass is 278 g/mol. The number of amides is 1. The Balaban J connectivity index is 1.92. The zero-order valence-corrected chi connectivity index (χ0v) is 10.9. The number of carbonyl (C=O) groups is 1. The molecule has 20 heavy (non-hydrogen) atoms. The lowest BCUT2D eigenvalue weighted by atomic mass is 9.97. The number of halogens is 1. The van der Waals surface area contributed by atoms with Gasteiger partial charge in [0.15, 0.2) is 5.82 Å². The van der Waals surface area contributed by atoms with Crippen LogP contribution in [0.1, 0.15) is 30.7 Å². The van der Waals surface area contributed by atoms with Gasteiger partial charge >= 0.3 is 0 Å². The fourth-order valence-corrected chi connectivity index (χ4v) is 1.78. The second-order valence-electron chi connectivity index (χ2n) is 4.47. The Hall–Kier alpha value is -2.28. The van der Waals surface area contributed by atoms with Crippen LogP contribution in [0, 0.1) is 5.82 Å². The molecule has 0 saturated carbocycles. The van der Waals surface area contributed by atoms with Gasteiger partial charge in [0.25, 0.3) is 0 Å². The van der Waals surface area contributed by atoms with Crippen LogP contribution >= 0.6 is 0 Å². The number of nitrogens with zero attached hydrogens (tertiary/aromatic N) is 2. The number of rotatable bonds is 5. The molecule has 0 spiro atoms. The molecule has 0 aliphatic heterocycles. The SMILES string of the molecule is CC(CC(=O)Nc1n[nH]c(CO)n1)c1ccc(F)cc1. The summed E-state index contributed by atoms with van der Waals surface area (Å²) >= 11 is 0. The third-order valence-electron chi connectivity index (χ3n) is 2.86. The molecule has 6 nitrogen and oxygen atoms in total. The number of H-pyrrole nitrogens is 1. The number of aromatic amines is 1. The van der Waals surface area contributed by atoms with Gasteiger partial charge in [-0.05, 0) is 23.6 Å². The number of carbonyl (C=O) groups excluding carboxylic acids is 1. The van der Waals surface area contributed by atoms with Gasteiger partial charge < -0.3 is 5.11 Å².